The van der Waals surface area contributed by atoms with Gasteiger partial charge in [-0.2, -0.15) is 11.8 Å². The minimum absolute atomic E-state index is 0.197. The summed E-state index contributed by atoms with van der Waals surface area (Å²) in [4.78, 5) is 19.1. The van der Waals surface area contributed by atoms with Crippen molar-refractivity contribution in [1.82, 2.24) is 14.7 Å². The summed E-state index contributed by atoms with van der Waals surface area (Å²) < 4.78 is 0. The van der Waals surface area contributed by atoms with Crippen LogP contribution in [-0.2, 0) is 4.79 Å². The van der Waals surface area contributed by atoms with Crippen LogP contribution in [0.2, 0.25) is 0 Å². The number of amides is 1. The van der Waals surface area contributed by atoms with Gasteiger partial charge in [-0.1, -0.05) is 0 Å². The highest BCUT2D eigenvalue weighted by Gasteiger charge is 2.30. The summed E-state index contributed by atoms with van der Waals surface area (Å²) >= 11 is 1.58. The molecule has 0 aromatic heterocycles. The Bertz CT molecular complexity index is 356. The van der Waals surface area contributed by atoms with Crippen molar-refractivity contribution in [2.45, 2.75) is 12.8 Å². The maximum Gasteiger partial charge on any atom is 0.232 e. The second-order valence-corrected chi connectivity index (χ2v) is 7.71. The molecule has 0 bridgehead atoms. The molecular formula is C16H31N3O2S. The van der Waals surface area contributed by atoms with Crippen molar-refractivity contribution < 1.29 is 9.90 Å². The maximum atomic E-state index is 12.2. The van der Waals surface area contributed by atoms with Crippen LogP contribution in [-0.4, -0.2) is 97.2 Å². The van der Waals surface area contributed by atoms with E-state index in [0.29, 0.717) is 11.7 Å². The molecule has 0 spiro atoms. The summed E-state index contributed by atoms with van der Waals surface area (Å²) in [6.07, 6.45) is 4.24. The summed E-state index contributed by atoms with van der Waals surface area (Å²) in [5, 5.41) is 9.56. The maximum absolute atomic E-state index is 12.2. The molecule has 2 atom stereocenters. The highest BCUT2D eigenvalue weighted by molar-refractivity contribution is 7.99. The number of likely N-dealkylation sites (tertiary alicyclic amines) is 1. The first kappa shape index (κ1) is 18.0. The minimum Gasteiger partial charge on any atom is -0.396 e. The lowest BCUT2D eigenvalue weighted by Gasteiger charge is -2.39. The third-order valence-electron chi connectivity index (χ3n) is 4.83. The van der Waals surface area contributed by atoms with Gasteiger partial charge < -0.3 is 19.8 Å². The Kier molecular flexibility index (Phi) is 7.47. The van der Waals surface area contributed by atoms with Gasteiger partial charge in [-0.25, -0.2) is 0 Å². The number of rotatable bonds is 5. The van der Waals surface area contributed by atoms with Crippen molar-refractivity contribution in [3.8, 4) is 0 Å². The Morgan fingerprint density at radius 1 is 1.18 bits per heavy atom. The van der Waals surface area contributed by atoms with Crippen molar-refractivity contribution in [2.24, 2.45) is 11.8 Å². The predicted molar refractivity (Wildman–Crippen MR) is 92.2 cm³/mol. The van der Waals surface area contributed by atoms with E-state index in [0.717, 1.165) is 45.7 Å². The number of piperidine rings is 1. The molecular weight excluding hydrogens is 298 g/mol. The minimum atomic E-state index is 0.197. The largest absolute Gasteiger partial charge is 0.396 e. The number of carbonyl (C=O) groups is 1. The summed E-state index contributed by atoms with van der Waals surface area (Å²) in [5.41, 5.74) is 0. The first-order chi connectivity index (χ1) is 10.6. The molecule has 0 aliphatic carbocycles. The van der Waals surface area contributed by atoms with Crippen LogP contribution in [0.5, 0.6) is 0 Å². The van der Waals surface area contributed by atoms with Gasteiger partial charge in [-0.05, 0) is 51.1 Å². The molecule has 2 aliphatic heterocycles. The third-order valence-corrected chi connectivity index (χ3v) is 5.37. The molecule has 128 valence electrons. The van der Waals surface area contributed by atoms with Gasteiger partial charge in [0.05, 0.1) is 5.75 Å². The fraction of sp³-hybridized carbons (Fsp3) is 0.938. The quantitative estimate of drug-likeness (QED) is 0.793. The van der Waals surface area contributed by atoms with Gasteiger partial charge in [0.2, 0.25) is 5.91 Å². The van der Waals surface area contributed by atoms with E-state index in [4.69, 9.17) is 0 Å². The van der Waals surface area contributed by atoms with Crippen LogP contribution in [0.4, 0.5) is 0 Å². The zero-order valence-corrected chi connectivity index (χ0v) is 14.9. The number of aliphatic hydroxyl groups excluding tert-OH is 1. The monoisotopic (exact) mass is 329 g/mol. The summed E-state index contributed by atoms with van der Waals surface area (Å²) in [7, 11) is 2.19. The fourth-order valence-corrected chi connectivity index (χ4v) is 4.08. The molecule has 5 nitrogen and oxygen atoms in total. The molecule has 2 fully saturated rings. The number of carbonyl (C=O) groups excluding carboxylic acids is 1. The van der Waals surface area contributed by atoms with Crippen molar-refractivity contribution >= 4 is 17.7 Å². The number of nitrogens with zero attached hydrogens (tertiary/aromatic N) is 3. The molecule has 0 saturated carbocycles. The van der Waals surface area contributed by atoms with Gasteiger partial charge in [0.25, 0.3) is 0 Å². The molecule has 2 rings (SSSR count). The second-order valence-electron chi connectivity index (χ2n) is 6.84. The molecule has 0 unspecified atom stereocenters. The smallest absolute Gasteiger partial charge is 0.232 e. The van der Waals surface area contributed by atoms with E-state index in [1.165, 1.54) is 13.0 Å². The van der Waals surface area contributed by atoms with E-state index in [-0.39, 0.29) is 18.4 Å². The van der Waals surface area contributed by atoms with Gasteiger partial charge in [-0.3, -0.25) is 4.79 Å². The third kappa shape index (κ3) is 5.41. The van der Waals surface area contributed by atoms with Gasteiger partial charge in [0.1, 0.15) is 0 Å². The van der Waals surface area contributed by atoms with Crippen LogP contribution in [0.25, 0.3) is 0 Å². The zero-order valence-electron chi connectivity index (χ0n) is 14.0. The molecule has 1 amide bonds. The van der Waals surface area contributed by atoms with Crippen molar-refractivity contribution in [1.29, 1.82) is 0 Å². The van der Waals surface area contributed by atoms with E-state index in [1.54, 1.807) is 11.8 Å². The molecule has 6 heteroatoms. The Morgan fingerprint density at radius 3 is 2.68 bits per heavy atom. The molecule has 1 N–H and O–H groups in total. The number of aliphatic hydroxyl groups is 1. The summed E-state index contributed by atoms with van der Waals surface area (Å²) in [6.45, 7) is 7.44. The number of thioether (sulfide) groups is 1. The Hall–Kier alpha value is -0.300. The van der Waals surface area contributed by atoms with Gasteiger partial charge in [0.15, 0.2) is 0 Å². The van der Waals surface area contributed by atoms with E-state index < -0.39 is 0 Å². The highest BCUT2D eigenvalue weighted by Crippen LogP contribution is 2.23. The van der Waals surface area contributed by atoms with Crippen LogP contribution >= 0.6 is 11.8 Å². The fourth-order valence-electron chi connectivity index (χ4n) is 3.65. The molecule has 2 saturated heterocycles. The molecule has 2 aliphatic rings. The standard InChI is InChI=1S/C16H31N3O2S/c1-17-4-3-5-18(7-6-17)9-14-8-15(12-20)11-19(10-14)16(21)13-22-2/h14-15,20H,3-13H2,1-2H3/t14-,15+/m1/s1. The summed E-state index contributed by atoms with van der Waals surface area (Å²) in [6, 6.07) is 0. The Balaban J connectivity index is 1.89. The molecule has 22 heavy (non-hydrogen) atoms. The Morgan fingerprint density at radius 2 is 1.95 bits per heavy atom. The van der Waals surface area contributed by atoms with Gasteiger partial charge in [-0.15, -0.1) is 0 Å². The van der Waals surface area contributed by atoms with E-state index >= 15 is 0 Å². The highest BCUT2D eigenvalue weighted by atomic mass is 32.2. The number of likely N-dealkylation sites (N-methyl/N-ethyl adjacent to an activating group) is 1. The molecule has 0 aromatic rings. The molecule has 0 radical (unpaired) electrons. The van der Waals surface area contributed by atoms with E-state index in [2.05, 4.69) is 16.8 Å². The normalized spacial score (nSPS) is 28.6. The van der Waals surface area contributed by atoms with Crippen molar-refractivity contribution in [2.75, 3.05) is 71.5 Å². The topological polar surface area (TPSA) is 47.0 Å². The van der Waals surface area contributed by atoms with E-state index in [9.17, 15) is 9.90 Å². The van der Waals surface area contributed by atoms with Gasteiger partial charge >= 0.3 is 0 Å². The van der Waals surface area contributed by atoms with Gasteiger partial charge in [0, 0.05) is 39.3 Å². The number of hydrogen-bond donors (Lipinski definition) is 1. The van der Waals surface area contributed by atoms with Crippen LogP contribution < -0.4 is 0 Å². The SMILES string of the molecule is CSCC(=O)N1C[C@@H](CN2CCCN(C)CC2)C[C@H](CO)C1. The van der Waals surface area contributed by atoms with Crippen molar-refractivity contribution in [3.63, 3.8) is 0 Å². The lowest BCUT2D eigenvalue weighted by atomic mass is 9.89. The van der Waals surface area contributed by atoms with Crippen molar-refractivity contribution in [3.05, 3.63) is 0 Å². The van der Waals surface area contributed by atoms with Crippen LogP contribution in [0, 0.1) is 11.8 Å². The first-order valence-corrected chi connectivity index (χ1v) is 9.80. The van der Waals surface area contributed by atoms with E-state index in [1.807, 2.05) is 11.2 Å². The lowest BCUT2D eigenvalue weighted by molar-refractivity contribution is -0.131. The second kappa shape index (κ2) is 9.11. The van der Waals surface area contributed by atoms with Crippen LogP contribution in [0.3, 0.4) is 0 Å². The average molecular weight is 330 g/mol. The first-order valence-electron chi connectivity index (χ1n) is 8.40. The summed E-state index contributed by atoms with van der Waals surface area (Å²) in [5.74, 6) is 1.53. The molecule has 0 aromatic carbocycles. The molecule has 2 heterocycles. The average Bonchev–Trinajstić information content (AvgIpc) is 2.72. The zero-order chi connectivity index (χ0) is 15.9. The Labute approximate surface area is 139 Å². The lowest BCUT2D eigenvalue weighted by Crippen LogP contribution is -2.48. The predicted octanol–water partition coefficient (Wildman–Crippen LogP) is 0.444. The number of hydrogen-bond acceptors (Lipinski definition) is 5. The van der Waals surface area contributed by atoms with Crippen LogP contribution in [0.1, 0.15) is 12.8 Å². The van der Waals surface area contributed by atoms with Crippen LogP contribution in [0.15, 0.2) is 0 Å².